The molecule has 8 nitrogen and oxygen atoms in total. The number of allylic oxidation sites excluding steroid dienone is 1. The molecule has 0 radical (unpaired) electrons. The van der Waals surface area contributed by atoms with Crippen molar-refractivity contribution in [3.63, 3.8) is 0 Å². The van der Waals surface area contributed by atoms with Gasteiger partial charge in [0.1, 0.15) is 0 Å². The van der Waals surface area contributed by atoms with Crippen LogP contribution in [0.2, 0.25) is 0 Å². The van der Waals surface area contributed by atoms with Crippen LogP contribution in [0.15, 0.2) is 41.5 Å². The van der Waals surface area contributed by atoms with Crippen molar-refractivity contribution in [1.29, 1.82) is 0 Å². The third-order valence-electron chi connectivity index (χ3n) is 2.54. The van der Waals surface area contributed by atoms with Crippen LogP contribution in [0.1, 0.15) is 12.5 Å². The molecule has 0 atom stereocenters. The Balaban J connectivity index is 1.98. The third kappa shape index (κ3) is 3.96. The van der Waals surface area contributed by atoms with Gasteiger partial charge in [-0.25, -0.2) is 5.43 Å². The van der Waals surface area contributed by atoms with Gasteiger partial charge in [0.05, 0.1) is 6.54 Å². The first kappa shape index (κ1) is 14.4. The first-order valence-corrected chi connectivity index (χ1v) is 6.30. The highest BCUT2D eigenvalue weighted by Crippen LogP contribution is 2.10. The number of benzene rings is 1. The van der Waals surface area contributed by atoms with Gasteiger partial charge in [0.15, 0.2) is 0 Å². The molecule has 2 aromatic rings. The van der Waals surface area contributed by atoms with E-state index < -0.39 is 10.9 Å². The van der Waals surface area contributed by atoms with Crippen LogP contribution in [0.5, 0.6) is 0 Å². The molecule has 2 rings (SSSR count). The average Bonchev–Trinajstić information content (AvgIpc) is 2.91. The lowest BCUT2D eigenvalue weighted by molar-refractivity contribution is -0.394. The zero-order valence-electron chi connectivity index (χ0n) is 11.4. The van der Waals surface area contributed by atoms with E-state index in [0.717, 1.165) is 5.56 Å². The van der Waals surface area contributed by atoms with Crippen molar-refractivity contribution in [2.75, 3.05) is 5.43 Å². The van der Waals surface area contributed by atoms with Crippen LogP contribution in [0.3, 0.4) is 0 Å². The zero-order chi connectivity index (χ0) is 15.1. The van der Waals surface area contributed by atoms with E-state index in [1.54, 1.807) is 6.08 Å². The summed E-state index contributed by atoms with van der Waals surface area (Å²) >= 11 is 0. The molecule has 0 bridgehead atoms. The van der Waals surface area contributed by atoms with Crippen molar-refractivity contribution < 1.29 is 4.92 Å². The van der Waals surface area contributed by atoms with E-state index in [1.165, 1.54) is 10.9 Å². The van der Waals surface area contributed by atoms with Crippen LogP contribution in [0.25, 0.3) is 6.08 Å². The molecule has 0 aliphatic heterocycles. The van der Waals surface area contributed by atoms with Crippen molar-refractivity contribution >= 4 is 24.2 Å². The number of hydrazone groups is 1. The molecule has 0 saturated carbocycles. The van der Waals surface area contributed by atoms with Crippen LogP contribution < -0.4 is 5.43 Å². The number of nitrogens with zero attached hydrogens (tertiary/aromatic N) is 5. The third-order valence-corrected chi connectivity index (χ3v) is 2.54. The van der Waals surface area contributed by atoms with Gasteiger partial charge < -0.3 is 10.1 Å². The number of nitro groups is 1. The first-order chi connectivity index (χ1) is 10.2. The minimum absolute atomic E-state index is 0.230. The van der Waals surface area contributed by atoms with Gasteiger partial charge in [-0.05, 0) is 28.5 Å². The molecule has 0 spiro atoms. The fourth-order valence-corrected chi connectivity index (χ4v) is 1.57. The molecule has 0 amide bonds. The largest absolute Gasteiger partial charge is 0.493 e. The SMILES string of the molecule is CCn1nc([N+](=O)[O-])nc1N/N=C\C=C\c1ccccc1. The second-order valence-electron chi connectivity index (χ2n) is 3.97. The van der Waals surface area contributed by atoms with E-state index in [-0.39, 0.29) is 5.95 Å². The van der Waals surface area contributed by atoms with Gasteiger partial charge in [0.2, 0.25) is 0 Å². The van der Waals surface area contributed by atoms with Crippen LogP contribution in [0.4, 0.5) is 11.9 Å². The molecule has 1 heterocycles. The molecule has 0 aliphatic rings. The van der Waals surface area contributed by atoms with E-state index in [2.05, 4.69) is 20.6 Å². The standard InChI is InChI=1S/C13H14N6O2/c1-2-18-12(15-13(17-18)19(20)21)16-14-10-6-9-11-7-4-3-5-8-11/h3-10H,2H2,1H3,(H,15,16,17)/b9-6+,14-10-. The summed E-state index contributed by atoms with van der Waals surface area (Å²) in [4.78, 5) is 13.7. The summed E-state index contributed by atoms with van der Waals surface area (Å²) in [6.07, 6.45) is 5.18. The number of rotatable bonds is 6. The quantitative estimate of drug-likeness (QED) is 0.499. The lowest BCUT2D eigenvalue weighted by Crippen LogP contribution is -2.03. The smallest absolute Gasteiger partial charge is 0.390 e. The Labute approximate surface area is 121 Å². The number of aryl methyl sites for hydroxylation is 1. The molecule has 0 aliphatic carbocycles. The molecule has 0 unspecified atom stereocenters. The van der Waals surface area contributed by atoms with Gasteiger partial charge in [-0.3, -0.25) is 0 Å². The monoisotopic (exact) mass is 286 g/mol. The second-order valence-corrected chi connectivity index (χ2v) is 3.97. The molecule has 108 valence electrons. The van der Waals surface area contributed by atoms with Crippen LogP contribution in [-0.4, -0.2) is 25.9 Å². The Bertz CT molecular complexity index is 663. The summed E-state index contributed by atoms with van der Waals surface area (Å²) in [6, 6.07) is 9.76. The Kier molecular flexibility index (Phi) is 4.75. The lowest BCUT2D eigenvalue weighted by Gasteiger charge is -1.93. The fraction of sp³-hybridized carbons (Fsp3) is 0.154. The number of hydrogen-bond acceptors (Lipinski definition) is 6. The molecule has 21 heavy (non-hydrogen) atoms. The van der Waals surface area contributed by atoms with Crippen LogP contribution in [0, 0.1) is 10.1 Å². The minimum atomic E-state index is -0.643. The van der Waals surface area contributed by atoms with Gasteiger partial charge in [0.25, 0.3) is 0 Å². The maximum atomic E-state index is 10.6. The lowest BCUT2D eigenvalue weighted by atomic mass is 10.2. The van der Waals surface area contributed by atoms with E-state index in [0.29, 0.717) is 6.54 Å². The average molecular weight is 286 g/mol. The Morgan fingerprint density at radius 1 is 1.43 bits per heavy atom. The maximum Gasteiger partial charge on any atom is 0.493 e. The van der Waals surface area contributed by atoms with E-state index in [1.807, 2.05) is 43.3 Å². The molecule has 1 aromatic heterocycles. The van der Waals surface area contributed by atoms with Gasteiger partial charge >= 0.3 is 11.9 Å². The van der Waals surface area contributed by atoms with Crippen molar-refractivity contribution in [1.82, 2.24) is 14.8 Å². The van der Waals surface area contributed by atoms with E-state index >= 15 is 0 Å². The van der Waals surface area contributed by atoms with Crippen molar-refractivity contribution in [2.45, 2.75) is 13.5 Å². The van der Waals surface area contributed by atoms with Crippen LogP contribution >= 0.6 is 0 Å². The van der Waals surface area contributed by atoms with Crippen molar-refractivity contribution in [3.8, 4) is 0 Å². The normalized spacial score (nSPS) is 11.3. The molecule has 1 aromatic carbocycles. The van der Waals surface area contributed by atoms with Gasteiger partial charge in [-0.15, -0.1) is 0 Å². The molecular weight excluding hydrogens is 272 g/mol. The Morgan fingerprint density at radius 2 is 2.19 bits per heavy atom. The van der Waals surface area contributed by atoms with Gasteiger partial charge in [-0.1, -0.05) is 36.4 Å². The number of aromatic nitrogens is 3. The summed E-state index contributed by atoms with van der Waals surface area (Å²) in [5.41, 5.74) is 3.68. The summed E-state index contributed by atoms with van der Waals surface area (Å²) in [5.74, 6) is -0.220. The van der Waals surface area contributed by atoms with Gasteiger partial charge in [0, 0.05) is 11.3 Å². The topological polar surface area (TPSA) is 98.2 Å². The van der Waals surface area contributed by atoms with Gasteiger partial charge in [-0.2, -0.15) is 9.78 Å². The predicted octanol–water partition coefficient (Wildman–Crippen LogP) is 2.32. The second kappa shape index (κ2) is 6.94. The van der Waals surface area contributed by atoms with E-state index in [4.69, 9.17) is 0 Å². The Hall–Kier alpha value is -3.03. The summed E-state index contributed by atoms with van der Waals surface area (Å²) in [7, 11) is 0. The highest BCUT2D eigenvalue weighted by atomic mass is 16.6. The molecule has 8 heteroatoms. The van der Waals surface area contributed by atoms with Crippen molar-refractivity contribution in [3.05, 3.63) is 52.1 Å². The number of hydrogen-bond donors (Lipinski definition) is 1. The Morgan fingerprint density at radius 3 is 2.86 bits per heavy atom. The highest BCUT2D eigenvalue weighted by molar-refractivity contribution is 5.78. The number of nitrogens with one attached hydrogen (secondary N) is 1. The zero-order valence-corrected chi connectivity index (χ0v) is 11.4. The predicted molar refractivity (Wildman–Crippen MR) is 79.9 cm³/mol. The number of anilines is 1. The summed E-state index contributed by atoms with van der Waals surface area (Å²) in [6.45, 7) is 2.27. The summed E-state index contributed by atoms with van der Waals surface area (Å²) < 4.78 is 1.37. The highest BCUT2D eigenvalue weighted by Gasteiger charge is 2.19. The molecular formula is C13H14N6O2. The molecule has 1 N–H and O–H groups in total. The molecule has 0 fully saturated rings. The fourth-order valence-electron chi connectivity index (χ4n) is 1.57. The molecule has 0 saturated heterocycles. The van der Waals surface area contributed by atoms with Crippen molar-refractivity contribution in [2.24, 2.45) is 5.10 Å². The van der Waals surface area contributed by atoms with Crippen LogP contribution in [-0.2, 0) is 6.54 Å². The minimum Gasteiger partial charge on any atom is -0.390 e. The maximum absolute atomic E-state index is 10.6. The van der Waals surface area contributed by atoms with E-state index in [9.17, 15) is 10.1 Å². The first-order valence-electron chi connectivity index (χ1n) is 6.30. The summed E-state index contributed by atoms with van der Waals surface area (Å²) in [5, 5.41) is 18.3.